The van der Waals surface area contributed by atoms with Crippen molar-refractivity contribution in [3.8, 4) is 0 Å². The van der Waals surface area contributed by atoms with E-state index in [1.807, 2.05) is 35.0 Å². The van der Waals surface area contributed by atoms with Gasteiger partial charge in [0.15, 0.2) is 0 Å². The largest absolute Gasteiger partial charge is 0.338 e. The lowest BCUT2D eigenvalue weighted by atomic mass is 10.0. The number of benzene rings is 2. The van der Waals surface area contributed by atoms with Crippen LogP contribution in [0.25, 0.3) is 10.9 Å². The maximum atomic E-state index is 12.7. The van der Waals surface area contributed by atoms with Gasteiger partial charge in [0, 0.05) is 17.3 Å². The highest BCUT2D eigenvalue weighted by Gasteiger charge is 2.16. The van der Waals surface area contributed by atoms with Crippen LogP contribution in [0.4, 0.5) is 5.69 Å². The molecule has 154 valence electrons. The normalized spacial score (nSPS) is 11.4. The minimum absolute atomic E-state index is 0.0767. The third-order valence-corrected chi connectivity index (χ3v) is 5.79. The second kappa shape index (κ2) is 9.66. The third-order valence-electron chi connectivity index (χ3n) is 4.99. The average Bonchev–Trinajstić information content (AvgIpc) is 3.03. The molecule has 0 spiro atoms. The summed E-state index contributed by atoms with van der Waals surface area (Å²) in [5.41, 5.74) is 4.01. The number of aromatic nitrogens is 1. The lowest BCUT2D eigenvalue weighted by molar-refractivity contribution is -0.116. The molecule has 3 aromatic rings. The lowest BCUT2D eigenvalue weighted by Crippen LogP contribution is -2.18. The molecular formula is C23H27Cl2N3O. The molecule has 0 atom stereocenters. The van der Waals surface area contributed by atoms with Crippen LogP contribution in [0.1, 0.15) is 37.8 Å². The van der Waals surface area contributed by atoms with Crippen molar-refractivity contribution in [2.75, 3.05) is 18.4 Å². The van der Waals surface area contributed by atoms with Crippen LogP contribution in [0.2, 0.25) is 10.0 Å². The van der Waals surface area contributed by atoms with Crippen LogP contribution in [0.5, 0.6) is 0 Å². The Balaban J connectivity index is 1.84. The number of hydrogen-bond donors (Lipinski definition) is 2. The number of fused-ring (bicyclic) bond motifs is 1. The highest BCUT2D eigenvalue weighted by Crippen LogP contribution is 2.34. The minimum atomic E-state index is -0.0767. The van der Waals surface area contributed by atoms with E-state index >= 15 is 0 Å². The molecule has 0 aliphatic heterocycles. The monoisotopic (exact) mass is 431 g/mol. The van der Waals surface area contributed by atoms with E-state index in [2.05, 4.69) is 37.5 Å². The average molecular weight is 432 g/mol. The van der Waals surface area contributed by atoms with Crippen molar-refractivity contribution >= 4 is 45.7 Å². The van der Waals surface area contributed by atoms with Gasteiger partial charge in [0.05, 0.1) is 15.6 Å². The van der Waals surface area contributed by atoms with E-state index in [9.17, 15) is 4.79 Å². The maximum absolute atomic E-state index is 12.7. The van der Waals surface area contributed by atoms with E-state index in [-0.39, 0.29) is 12.5 Å². The van der Waals surface area contributed by atoms with Crippen molar-refractivity contribution in [2.45, 2.75) is 39.7 Å². The number of carbonyl (C=O) groups excluding carboxylic acids is 1. The van der Waals surface area contributed by atoms with E-state index < -0.39 is 0 Å². The molecule has 6 heteroatoms. The number of anilines is 1. The van der Waals surface area contributed by atoms with Crippen LogP contribution in [0.15, 0.2) is 42.6 Å². The number of nitrogens with zero attached hydrogens (tertiary/aromatic N) is 1. The molecule has 2 aromatic carbocycles. The molecule has 29 heavy (non-hydrogen) atoms. The Kier molecular flexibility index (Phi) is 7.23. The van der Waals surface area contributed by atoms with Crippen molar-refractivity contribution in [1.82, 2.24) is 9.88 Å². The van der Waals surface area contributed by atoms with Crippen LogP contribution >= 0.6 is 23.2 Å². The Hall–Kier alpha value is -2.01. The highest BCUT2D eigenvalue weighted by molar-refractivity contribution is 6.45. The summed E-state index contributed by atoms with van der Waals surface area (Å²) in [5, 5.41) is 8.32. The van der Waals surface area contributed by atoms with Gasteiger partial charge in [0.1, 0.15) is 6.54 Å². The van der Waals surface area contributed by atoms with E-state index in [1.54, 1.807) is 6.07 Å². The number of halogens is 2. The maximum Gasteiger partial charge on any atom is 0.244 e. The van der Waals surface area contributed by atoms with Gasteiger partial charge in [-0.2, -0.15) is 0 Å². The fourth-order valence-corrected chi connectivity index (χ4v) is 3.90. The van der Waals surface area contributed by atoms with Crippen LogP contribution in [0.3, 0.4) is 0 Å². The first kappa shape index (κ1) is 21.7. The SMILES string of the molecule is CCNCCc1cn(CC(=O)Nc2cccc(C(C)C)c2)c2ccc(Cl)c(Cl)c12. The molecule has 1 aromatic heterocycles. The summed E-state index contributed by atoms with van der Waals surface area (Å²) in [6.07, 6.45) is 2.82. The standard InChI is InChI=1S/C23H27Cl2N3O/c1-4-26-11-10-17-13-28(20-9-8-19(24)23(25)22(17)20)14-21(29)27-18-7-5-6-16(12-18)15(2)3/h5-9,12-13,15,26H,4,10-11,14H2,1-3H3,(H,27,29). The zero-order valence-electron chi connectivity index (χ0n) is 17.1. The van der Waals surface area contributed by atoms with Gasteiger partial charge in [-0.15, -0.1) is 0 Å². The van der Waals surface area contributed by atoms with E-state index in [0.717, 1.165) is 41.7 Å². The summed E-state index contributed by atoms with van der Waals surface area (Å²) in [6, 6.07) is 11.7. The van der Waals surface area contributed by atoms with Gasteiger partial charge in [-0.25, -0.2) is 0 Å². The summed E-state index contributed by atoms with van der Waals surface area (Å²) < 4.78 is 1.94. The molecule has 0 unspecified atom stereocenters. The van der Waals surface area contributed by atoms with Gasteiger partial charge in [-0.3, -0.25) is 4.79 Å². The number of rotatable bonds is 8. The fraction of sp³-hybridized carbons (Fsp3) is 0.348. The predicted molar refractivity (Wildman–Crippen MR) is 123 cm³/mol. The zero-order chi connectivity index (χ0) is 21.0. The molecule has 2 N–H and O–H groups in total. The lowest BCUT2D eigenvalue weighted by Gasteiger charge is -2.10. The summed E-state index contributed by atoms with van der Waals surface area (Å²) in [5.74, 6) is 0.332. The predicted octanol–water partition coefficient (Wildman–Crippen LogP) is 5.86. The van der Waals surface area contributed by atoms with E-state index in [4.69, 9.17) is 23.2 Å². The molecule has 0 fully saturated rings. The van der Waals surface area contributed by atoms with Crippen LogP contribution in [-0.4, -0.2) is 23.6 Å². The van der Waals surface area contributed by atoms with Gasteiger partial charge >= 0.3 is 0 Å². The summed E-state index contributed by atoms with van der Waals surface area (Å²) in [4.78, 5) is 12.7. The summed E-state index contributed by atoms with van der Waals surface area (Å²) in [6.45, 7) is 8.30. The molecule has 0 saturated carbocycles. The van der Waals surface area contributed by atoms with E-state index in [1.165, 1.54) is 5.56 Å². The first-order chi connectivity index (χ1) is 13.9. The Bertz CT molecular complexity index is 1010. The number of carbonyl (C=O) groups is 1. The second-order valence-corrected chi connectivity index (χ2v) is 8.25. The van der Waals surface area contributed by atoms with Gasteiger partial charge < -0.3 is 15.2 Å². The fourth-order valence-electron chi connectivity index (χ4n) is 3.46. The van der Waals surface area contributed by atoms with Crippen molar-refractivity contribution in [3.63, 3.8) is 0 Å². The second-order valence-electron chi connectivity index (χ2n) is 7.47. The molecule has 1 amide bonds. The Labute approximate surface area is 182 Å². The highest BCUT2D eigenvalue weighted by atomic mass is 35.5. The first-order valence-electron chi connectivity index (χ1n) is 9.97. The Morgan fingerprint density at radius 1 is 1.17 bits per heavy atom. The molecule has 0 aliphatic carbocycles. The van der Waals surface area contributed by atoms with Gasteiger partial charge in [-0.05, 0) is 60.8 Å². The molecule has 0 aliphatic rings. The van der Waals surface area contributed by atoms with Crippen molar-refractivity contribution < 1.29 is 4.79 Å². The number of likely N-dealkylation sites (N-methyl/N-ethyl adjacent to an activating group) is 1. The van der Waals surface area contributed by atoms with Gasteiger partial charge in [-0.1, -0.05) is 56.1 Å². The van der Waals surface area contributed by atoms with Gasteiger partial charge in [0.2, 0.25) is 5.91 Å². The van der Waals surface area contributed by atoms with Crippen molar-refractivity contribution in [3.05, 3.63) is 63.8 Å². The van der Waals surface area contributed by atoms with Crippen molar-refractivity contribution in [2.24, 2.45) is 0 Å². The number of nitrogens with one attached hydrogen (secondary N) is 2. The molecule has 1 heterocycles. The van der Waals surface area contributed by atoms with Gasteiger partial charge in [0.25, 0.3) is 0 Å². The van der Waals surface area contributed by atoms with E-state index in [0.29, 0.717) is 16.0 Å². The zero-order valence-corrected chi connectivity index (χ0v) is 18.6. The van der Waals surface area contributed by atoms with Crippen LogP contribution in [0, 0.1) is 0 Å². The van der Waals surface area contributed by atoms with Crippen LogP contribution < -0.4 is 10.6 Å². The molecule has 4 nitrogen and oxygen atoms in total. The molecule has 0 bridgehead atoms. The van der Waals surface area contributed by atoms with Crippen molar-refractivity contribution in [1.29, 1.82) is 0 Å². The molecular weight excluding hydrogens is 405 g/mol. The van der Waals surface area contributed by atoms with Crippen LogP contribution in [-0.2, 0) is 17.8 Å². The number of amides is 1. The topological polar surface area (TPSA) is 46.1 Å². The summed E-state index contributed by atoms with van der Waals surface area (Å²) >= 11 is 12.8. The minimum Gasteiger partial charge on any atom is -0.338 e. The Morgan fingerprint density at radius 3 is 2.69 bits per heavy atom. The first-order valence-corrected chi connectivity index (χ1v) is 10.7. The number of hydrogen-bond acceptors (Lipinski definition) is 2. The quantitative estimate of drug-likeness (QED) is 0.438. The molecule has 0 radical (unpaired) electrons. The molecule has 0 saturated heterocycles. The Morgan fingerprint density at radius 2 is 1.97 bits per heavy atom. The molecule has 3 rings (SSSR count). The third kappa shape index (κ3) is 5.13. The smallest absolute Gasteiger partial charge is 0.244 e. The summed E-state index contributed by atoms with van der Waals surface area (Å²) in [7, 11) is 0.